The number of phenolic OH excluding ortho intramolecular Hbond substituents is 1. The molecule has 1 atom stereocenters. The zero-order valence-electron chi connectivity index (χ0n) is 13.5. The quantitative estimate of drug-likeness (QED) is 0.824. The second-order valence-corrected chi connectivity index (χ2v) is 5.35. The summed E-state index contributed by atoms with van der Waals surface area (Å²) in [5.74, 6) is -0.595. The van der Waals surface area contributed by atoms with E-state index < -0.39 is 17.6 Å². The Bertz CT molecular complexity index is 699. The van der Waals surface area contributed by atoms with Crippen molar-refractivity contribution >= 4 is 12.1 Å². The third-order valence-electron chi connectivity index (χ3n) is 3.60. The molecule has 0 unspecified atom stereocenters. The zero-order chi connectivity index (χ0) is 17.6. The molecule has 6 heteroatoms. The highest BCUT2D eigenvalue weighted by atomic mass is 16.6. The second kappa shape index (κ2) is 7.50. The number of aromatic hydroxyl groups is 1. The number of nitrogens with one attached hydrogen (secondary N) is 1. The van der Waals surface area contributed by atoms with Gasteiger partial charge in [-0.05, 0) is 30.2 Å². The van der Waals surface area contributed by atoms with Gasteiger partial charge in [0.15, 0.2) is 5.54 Å². The van der Waals surface area contributed by atoms with Gasteiger partial charge in [-0.1, -0.05) is 42.5 Å². The predicted molar refractivity (Wildman–Crippen MR) is 87.2 cm³/mol. The molecule has 0 spiro atoms. The molecule has 2 rings (SSSR count). The zero-order valence-corrected chi connectivity index (χ0v) is 13.5. The van der Waals surface area contributed by atoms with Gasteiger partial charge in [0.2, 0.25) is 0 Å². The van der Waals surface area contributed by atoms with Gasteiger partial charge in [0, 0.05) is 0 Å². The predicted octanol–water partition coefficient (Wildman–Crippen LogP) is 2.71. The molecule has 0 fully saturated rings. The van der Waals surface area contributed by atoms with Crippen molar-refractivity contribution < 1.29 is 24.2 Å². The van der Waals surface area contributed by atoms with Crippen molar-refractivity contribution in [2.75, 3.05) is 7.11 Å². The first-order valence-electron chi connectivity index (χ1n) is 7.32. The summed E-state index contributed by atoms with van der Waals surface area (Å²) < 4.78 is 9.95. The minimum atomic E-state index is -1.43. The Hall–Kier alpha value is -3.02. The van der Waals surface area contributed by atoms with Gasteiger partial charge in [0.1, 0.15) is 12.4 Å². The van der Waals surface area contributed by atoms with Gasteiger partial charge in [-0.2, -0.15) is 0 Å². The molecule has 0 saturated heterocycles. The highest BCUT2D eigenvalue weighted by Gasteiger charge is 2.38. The molecule has 24 heavy (non-hydrogen) atoms. The summed E-state index contributed by atoms with van der Waals surface area (Å²) in [7, 11) is 1.23. The van der Waals surface area contributed by atoms with Crippen molar-refractivity contribution in [3.63, 3.8) is 0 Å². The number of amides is 1. The standard InChI is InChI=1S/C18H19NO5/c1-18(16(21)23-2,14-8-10-15(20)11-9-14)19-17(22)24-12-13-6-4-3-5-7-13/h3-11,20H,12H2,1-2H3,(H,19,22)/t18-/m1/s1. The van der Waals surface area contributed by atoms with E-state index in [1.807, 2.05) is 30.3 Å². The van der Waals surface area contributed by atoms with E-state index in [1.165, 1.54) is 38.3 Å². The molecule has 0 aliphatic rings. The average molecular weight is 329 g/mol. The average Bonchev–Trinajstić information content (AvgIpc) is 2.60. The molecule has 2 aromatic carbocycles. The first kappa shape index (κ1) is 17.3. The largest absolute Gasteiger partial charge is 0.508 e. The molecule has 0 saturated carbocycles. The molecule has 6 nitrogen and oxygen atoms in total. The smallest absolute Gasteiger partial charge is 0.408 e. The molecule has 0 aromatic heterocycles. The van der Waals surface area contributed by atoms with Gasteiger partial charge >= 0.3 is 12.1 Å². The molecule has 0 radical (unpaired) electrons. The van der Waals surface area contributed by atoms with Gasteiger partial charge in [-0.15, -0.1) is 0 Å². The number of rotatable bonds is 5. The van der Waals surface area contributed by atoms with E-state index in [9.17, 15) is 14.7 Å². The Balaban J connectivity index is 2.12. The summed E-state index contributed by atoms with van der Waals surface area (Å²) >= 11 is 0. The van der Waals surface area contributed by atoms with E-state index >= 15 is 0 Å². The minimum Gasteiger partial charge on any atom is -0.508 e. The van der Waals surface area contributed by atoms with Crippen molar-refractivity contribution in [2.45, 2.75) is 19.1 Å². The summed E-state index contributed by atoms with van der Waals surface area (Å²) in [5.41, 5.74) is -0.142. The van der Waals surface area contributed by atoms with Crippen molar-refractivity contribution in [2.24, 2.45) is 0 Å². The van der Waals surface area contributed by atoms with Crippen molar-refractivity contribution in [3.05, 3.63) is 65.7 Å². The van der Waals surface area contributed by atoms with Crippen LogP contribution in [-0.4, -0.2) is 24.3 Å². The van der Waals surface area contributed by atoms with Crippen LogP contribution in [0.3, 0.4) is 0 Å². The topological polar surface area (TPSA) is 84.9 Å². The molecule has 0 heterocycles. The van der Waals surface area contributed by atoms with Crippen LogP contribution in [0.2, 0.25) is 0 Å². The number of methoxy groups -OCH3 is 1. The van der Waals surface area contributed by atoms with Crippen LogP contribution in [0, 0.1) is 0 Å². The van der Waals surface area contributed by atoms with E-state index in [4.69, 9.17) is 9.47 Å². The number of esters is 1. The van der Waals surface area contributed by atoms with E-state index in [1.54, 1.807) is 0 Å². The molecule has 126 valence electrons. The Labute approximate surface area is 140 Å². The first-order valence-corrected chi connectivity index (χ1v) is 7.32. The molecule has 1 amide bonds. The van der Waals surface area contributed by atoms with E-state index in [-0.39, 0.29) is 12.4 Å². The Morgan fingerprint density at radius 2 is 1.71 bits per heavy atom. The van der Waals surface area contributed by atoms with Gasteiger partial charge < -0.3 is 19.9 Å². The maximum atomic E-state index is 12.2. The molecule has 0 aliphatic heterocycles. The third-order valence-corrected chi connectivity index (χ3v) is 3.60. The number of hydrogen-bond donors (Lipinski definition) is 2. The summed E-state index contributed by atoms with van der Waals surface area (Å²) in [6, 6.07) is 15.1. The van der Waals surface area contributed by atoms with Gasteiger partial charge in [-0.25, -0.2) is 9.59 Å². The summed E-state index contributed by atoms with van der Waals surface area (Å²) in [6.45, 7) is 1.59. The Morgan fingerprint density at radius 3 is 2.29 bits per heavy atom. The lowest BCUT2D eigenvalue weighted by molar-refractivity contribution is -0.148. The number of ether oxygens (including phenoxy) is 2. The lowest BCUT2D eigenvalue weighted by atomic mass is 9.92. The van der Waals surface area contributed by atoms with Crippen molar-refractivity contribution in [3.8, 4) is 5.75 Å². The number of carbonyl (C=O) groups is 2. The van der Waals surface area contributed by atoms with Crippen LogP contribution in [-0.2, 0) is 26.4 Å². The van der Waals surface area contributed by atoms with E-state index in [0.717, 1.165) is 5.56 Å². The van der Waals surface area contributed by atoms with Crippen LogP contribution in [0.4, 0.5) is 4.79 Å². The molecule has 0 bridgehead atoms. The van der Waals surface area contributed by atoms with Crippen molar-refractivity contribution in [1.29, 1.82) is 0 Å². The fourth-order valence-corrected chi connectivity index (χ4v) is 2.20. The molecular weight excluding hydrogens is 310 g/mol. The van der Waals surface area contributed by atoms with Crippen LogP contribution in [0.25, 0.3) is 0 Å². The number of phenols is 1. The lowest BCUT2D eigenvalue weighted by Gasteiger charge is -2.28. The van der Waals surface area contributed by atoms with Crippen LogP contribution < -0.4 is 5.32 Å². The van der Waals surface area contributed by atoms with E-state index in [0.29, 0.717) is 5.56 Å². The summed E-state index contributed by atoms with van der Waals surface area (Å²) in [4.78, 5) is 24.3. The van der Waals surface area contributed by atoms with Crippen LogP contribution in [0.1, 0.15) is 18.1 Å². The summed E-state index contributed by atoms with van der Waals surface area (Å²) in [6.07, 6.45) is -0.750. The van der Waals surface area contributed by atoms with Crippen molar-refractivity contribution in [1.82, 2.24) is 5.32 Å². The van der Waals surface area contributed by atoms with Gasteiger partial charge in [0.25, 0.3) is 0 Å². The number of hydrogen-bond acceptors (Lipinski definition) is 5. The monoisotopic (exact) mass is 329 g/mol. The first-order chi connectivity index (χ1) is 11.5. The number of carbonyl (C=O) groups excluding carboxylic acids is 2. The highest BCUT2D eigenvalue weighted by Crippen LogP contribution is 2.24. The van der Waals surface area contributed by atoms with E-state index in [2.05, 4.69) is 5.32 Å². The fraction of sp³-hybridized carbons (Fsp3) is 0.222. The SMILES string of the molecule is COC(=O)[C@](C)(NC(=O)OCc1ccccc1)c1ccc(O)cc1. The van der Waals surface area contributed by atoms with Crippen LogP contribution >= 0.6 is 0 Å². The minimum absolute atomic E-state index is 0.0534. The van der Waals surface area contributed by atoms with Gasteiger partial charge in [-0.3, -0.25) is 0 Å². The maximum Gasteiger partial charge on any atom is 0.408 e. The highest BCUT2D eigenvalue weighted by molar-refractivity contribution is 5.86. The number of benzene rings is 2. The molecular formula is C18H19NO5. The fourth-order valence-electron chi connectivity index (χ4n) is 2.20. The maximum absolute atomic E-state index is 12.2. The van der Waals surface area contributed by atoms with Crippen LogP contribution in [0.15, 0.2) is 54.6 Å². The lowest BCUT2D eigenvalue weighted by Crippen LogP contribution is -2.50. The molecule has 2 aromatic rings. The molecule has 2 N–H and O–H groups in total. The normalized spacial score (nSPS) is 12.8. The third kappa shape index (κ3) is 4.04. The summed E-state index contributed by atoms with van der Waals surface area (Å²) in [5, 5.41) is 11.9. The Kier molecular flexibility index (Phi) is 5.42. The Morgan fingerprint density at radius 1 is 1.08 bits per heavy atom. The van der Waals surface area contributed by atoms with Crippen LogP contribution in [0.5, 0.6) is 5.75 Å². The number of alkyl carbamates (subject to hydrolysis) is 1. The molecule has 0 aliphatic carbocycles. The second-order valence-electron chi connectivity index (χ2n) is 5.35. The van der Waals surface area contributed by atoms with Gasteiger partial charge in [0.05, 0.1) is 7.11 Å².